The van der Waals surface area contributed by atoms with Crippen LogP contribution in [0.25, 0.3) is 0 Å². The summed E-state index contributed by atoms with van der Waals surface area (Å²) in [5.41, 5.74) is 1.99. The molecule has 0 bridgehead atoms. The van der Waals surface area contributed by atoms with Crippen LogP contribution in [0.4, 0.5) is 0 Å². The molecule has 0 aliphatic heterocycles. The normalized spacial score (nSPS) is 12.2. The molecule has 2 aromatic rings. The maximum atomic E-state index is 12.1. The Bertz CT molecular complexity index is 595. The van der Waals surface area contributed by atoms with Crippen LogP contribution in [0.1, 0.15) is 24.0 Å². The summed E-state index contributed by atoms with van der Waals surface area (Å²) in [4.78, 5) is 13.2. The minimum absolute atomic E-state index is 0.128. The fourth-order valence-corrected chi connectivity index (χ4v) is 3.06. The van der Waals surface area contributed by atoms with Crippen molar-refractivity contribution in [1.29, 1.82) is 0 Å². The van der Waals surface area contributed by atoms with E-state index in [1.165, 1.54) is 0 Å². The van der Waals surface area contributed by atoms with Crippen molar-refractivity contribution in [3.8, 4) is 0 Å². The Balaban J connectivity index is 2.55. The summed E-state index contributed by atoms with van der Waals surface area (Å²) in [6.07, 6.45) is 2.02. The van der Waals surface area contributed by atoms with E-state index in [0.717, 1.165) is 16.0 Å². The molecular weight excluding hydrogens is 276 g/mol. The van der Waals surface area contributed by atoms with E-state index in [1.54, 1.807) is 18.7 Å². The molecule has 0 aliphatic rings. The van der Waals surface area contributed by atoms with Crippen LogP contribution in [0.3, 0.4) is 0 Å². The van der Waals surface area contributed by atoms with E-state index in [2.05, 4.69) is 0 Å². The summed E-state index contributed by atoms with van der Waals surface area (Å²) in [7, 11) is 0. The van der Waals surface area contributed by atoms with Crippen molar-refractivity contribution < 1.29 is 4.79 Å². The summed E-state index contributed by atoms with van der Waals surface area (Å²) in [6.45, 7) is 1.63. The molecule has 0 aliphatic carbocycles. The fourth-order valence-electron chi connectivity index (χ4n) is 2.22. The van der Waals surface area contributed by atoms with Crippen LogP contribution in [0, 0.1) is 0 Å². The van der Waals surface area contributed by atoms with Gasteiger partial charge in [-0.15, -0.1) is 11.8 Å². The average Bonchev–Trinajstić information content (AvgIpc) is 2.39. The second-order valence-electron chi connectivity index (χ2n) is 4.34. The standard InChI is InChI=1S/C16H15ClOS/c1-11(18)16(12-6-5-7-13(17)10-12)14-8-3-4-9-15(14)19-2/h3-10,16H,1-2H3. The number of benzene rings is 2. The molecule has 98 valence electrons. The second kappa shape index (κ2) is 6.27. The molecule has 0 saturated heterocycles. The van der Waals surface area contributed by atoms with E-state index in [0.29, 0.717) is 5.02 Å². The minimum Gasteiger partial charge on any atom is -0.299 e. The van der Waals surface area contributed by atoms with E-state index < -0.39 is 0 Å². The van der Waals surface area contributed by atoms with E-state index >= 15 is 0 Å². The summed E-state index contributed by atoms with van der Waals surface area (Å²) >= 11 is 7.69. The first-order valence-electron chi connectivity index (χ1n) is 6.02. The molecule has 0 amide bonds. The number of ketones is 1. The van der Waals surface area contributed by atoms with Gasteiger partial charge < -0.3 is 0 Å². The molecule has 0 aromatic heterocycles. The third kappa shape index (κ3) is 3.20. The van der Waals surface area contributed by atoms with Crippen molar-refractivity contribution in [1.82, 2.24) is 0 Å². The predicted molar refractivity (Wildman–Crippen MR) is 82.2 cm³/mol. The zero-order valence-corrected chi connectivity index (χ0v) is 12.5. The first-order valence-corrected chi connectivity index (χ1v) is 7.62. The van der Waals surface area contributed by atoms with Crippen molar-refractivity contribution in [3.05, 3.63) is 64.7 Å². The molecule has 0 heterocycles. The highest BCUT2D eigenvalue weighted by molar-refractivity contribution is 7.98. The molecule has 0 radical (unpaired) electrons. The van der Waals surface area contributed by atoms with Gasteiger partial charge in [0.25, 0.3) is 0 Å². The number of carbonyl (C=O) groups is 1. The maximum absolute atomic E-state index is 12.1. The van der Waals surface area contributed by atoms with Crippen molar-refractivity contribution in [2.75, 3.05) is 6.26 Å². The number of hydrogen-bond donors (Lipinski definition) is 0. The van der Waals surface area contributed by atoms with E-state index in [4.69, 9.17) is 11.6 Å². The molecule has 19 heavy (non-hydrogen) atoms. The molecule has 2 aromatic carbocycles. The van der Waals surface area contributed by atoms with Gasteiger partial charge in [0, 0.05) is 9.92 Å². The Morgan fingerprint density at radius 3 is 2.53 bits per heavy atom. The first-order chi connectivity index (χ1) is 9.13. The van der Waals surface area contributed by atoms with Crippen molar-refractivity contribution in [2.24, 2.45) is 0 Å². The van der Waals surface area contributed by atoms with Gasteiger partial charge in [-0.25, -0.2) is 0 Å². The molecule has 0 fully saturated rings. The van der Waals surface area contributed by atoms with Crippen molar-refractivity contribution in [2.45, 2.75) is 17.7 Å². The molecule has 2 rings (SSSR count). The quantitative estimate of drug-likeness (QED) is 0.754. The Morgan fingerprint density at radius 2 is 1.89 bits per heavy atom. The number of thioether (sulfide) groups is 1. The van der Waals surface area contributed by atoms with Crippen LogP contribution in [-0.4, -0.2) is 12.0 Å². The molecule has 0 N–H and O–H groups in total. The Hall–Kier alpha value is -1.25. The lowest BCUT2D eigenvalue weighted by Gasteiger charge is -2.18. The fraction of sp³-hybridized carbons (Fsp3) is 0.188. The monoisotopic (exact) mass is 290 g/mol. The van der Waals surface area contributed by atoms with Gasteiger partial charge in [-0.3, -0.25) is 4.79 Å². The van der Waals surface area contributed by atoms with Crippen LogP contribution >= 0.6 is 23.4 Å². The molecule has 0 spiro atoms. The summed E-state index contributed by atoms with van der Waals surface area (Å²) in [5.74, 6) is -0.119. The van der Waals surface area contributed by atoms with Crippen LogP contribution < -0.4 is 0 Å². The number of rotatable bonds is 4. The second-order valence-corrected chi connectivity index (χ2v) is 5.63. The largest absolute Gasteiger partial charge is 0.299 e. The molecule has 3 heteroatoms. The highest BCUT2D eigenvalue weighted by atomic mass is 35.5. The smallest absolute Gasteiger partial charge is 0.141 e. The van der Waals surface area contributed by atoms with Gasteiger partial charge in [-0.05, 0) is 42.5 Å². The Labute approximate surface area is 123 Å². The zero-order valence-electron chi connectivity index (χ0n) is 10.9. The summed E-state index contributed by atoms with van der Waals surface area (Å²) in [6, 6.07) is 15.5. The van der Waals surface area contributed by atoms with Crippen molar-refractivity contribution in [3.63, 3.8) is 0 Å². The lowest BCUT2D eigenvalue weighted by atomic mass is 9.88. The number of carbonyl (C=O) groups excluding carboxylic acids is 1. The van der Waals surface area contributed by atoms with Crippen LogP contribution in [0.15, 0.2) is 53.4 Å². The van der Waals surface area contributed by atoms with Crippen LogP contribution in [0.5, 0.6) is 0 Å². The first kappa shape index (κ1) is 14.2. The van der Waals surface area contributed by atoms with Crippen molar-refractivity contribution >= 4 is 29.1 Å². The third-order valence-corrected chi connectivity index (χ3v) is 4.09. The topological polar surface area (TPSA) is 17.1 Å². The lowest BCUT2D eigenvalue weighted by Crippen LogP contribution is -2.11. The minimum atomic E-state index is -0.248. The zero-order chi connectivity index (χ0) is 13.8. The van der Waals surface area contributed by atoms with Crippen LogP contribution in [0.2, 0.25) is 5.02 Å². The summed E-state index contributed by atoms with van der Waals surface area (Å²) < 4.78 is 0. The predicted octanol–water partition coefficient (Wildman–Crippen LogP) is 4.78. The number of halogens is 1. The number of Topliss-reactive ketones (excluding diaryl/α,β-unsaturated/α-hetero) is 1. The molecule has 1 nitrogen and oxygen atoms in total. The van der Waals surface area contributed by atoms with Gasteiger partial charge in [-0.2, -0.15) is 0 Å². The highest BCUT2D eigenvalue weighted by Gasteiger charge is 2.21. The van der Waals surface area contributed by atoms with E-state index in [9.17, 15) is 4.79 Å². The average molecular weight is 291 g/mol. The highest BCUT2D eigenvalue weighted by Crippen LogP contribution is 2.33. The van der Waals surface area contributed by atoms with E-state index in [1.807, 2.05) is 54.8 Å². The molecule has 1 unspecified atom stereocenters. The van der Waals surface area contributed by atoms with Gasteiger partial charge in [0.05, 0.1) is 5.92 Å². The van der Waals surface area contributed by atoms with Gasteiger partial charge in [-0.1, -0.05) is 41.9 Å². The van der Waals surface area contributed by atoms with E-state index in [-0.39, 0.29) is 11.7 Å². The van der Waals surface area contributed by atoms with Gasteiger partial charge in [0.1, 0.15) is 5.78 Å². The summed E-state index contributed by atoms with van der Waals surface area (Å²) in [5, 5.41) is 0.658. The Kier molecular flexibility index (Phi) is 4.67. The maximum Gasteiger partial charge on any atom is 0.141 e. The lowest BCUT2D eigenvalue weighted by molar-refractivity contribution is -0.117. The van der Waals surface area contributed by atoms with Gasteiger partial charge in [0.2, 0.25) is 0 Å². The molecule has 1 atom stereocenters. The molecule has 0 saturated carbocycles. The third-order valence-electron chi connectivity index (χ3n) is 3.04. The Morgan fingerprint density at radius 1 is 1.16 bits per heavy atom. The number of hydrogen-bond acceptors (Lipinski definition) is 2. The SMILES string of the molecule is CSc1ccccc1C(C(C)=O)c1cccc(Cl)c1. The molecular formula is C16H15ClOS. The van der Waals surface area contributed by atoms with Crippen LogP contribution in [-0.2, 0) is 4.79 Å². The van der Waals surface area contributed by atoms with Gasteiger partial charge >= 0.3 is 0 Å². The van der Waals surface area contributed by atoms with Gasteiger partial charge in [0.15, 0.2) is 0 Å².